The van der Waals surface area contributed by atoms with Crippen molar-refractivity contribution < 1.29 is 9.18 Å². The summed E-state index contributed by atoms with van der Waals surface area (Å²) in [5, 5.41) is 6.08. The standard InChI is InChI=1S/C21H20FN3O/c1-2-16-7-3-4-9-19(16)23-13-15-6-5-8-17(12-15)21(26)25-20-11-10-18(22)14-24-20/h3-12,14,23H,2,13H2,1H3,(H,24,25,26). The van der Waals surface area contributed by atoms with Crippen LogP contribution in [0.3, 0.4) is 0 Å². The van der Waals surface area contributed by atoms with Crippen LogP contribution in [-0.4, -0.2) is 10.9 Å². The number of hydrogen-bond donors (Lipinski definition) is 2. The van der Waals surface area contributed by atoms with E-state index in [1.54, 1.807) is 6.07 Å². The predicted molar refractivity (Wildman–Crippen MR) is 102 cm³/mol. The van der Waals surface area contributed by atoms with Crippen molar-refractivity contribution in [3.8, 4) is 0 Å². The Hall–Kier alpha value is -3.21. The molecule has 0 aliphatic rings. The zero-order chi connectivity index (χ0) is 18.4. The van der Waals surface area contributed by atoms with E-state index in [9.17, 15) is 9.18 Å². The van der Waals surface area contributed by atoms with E-state index >= 15 is 0 Å². The Kier molecular flexibility index (Phi) is 5.59. The third-order valence-electron chi connectivity index (χ3n) is 4.04. The second-order valence-electron chi connectivity index (χ2n) is 5.88. The Balaban J connectivity index is 1.67. The molecule has 3 rings (SSSR count). The molecular formula is C21H20FN3O. The first kappa shape index (κ1) is 17.6. The Morgan fingerprint density at radius 2 is 1.92 bits per heavy atom. The second kappa shape index (κ2) is 8.25. The molecule has 2 aromatic carbocycles. The van der Waals surface area contributed by atoms with E-state index < -0.39 is 5.82 Å². The molecule has 0 fully saturated rings. The number of carbonyl (C=O) groups is 1. The van der Waals surface area contributed by atoms with Gasteiger partial charge in [0.1, 0.15) is 11.6 Å². The largest absolute Gasteiger partial charge is 0.381 e. The van der Waals surface area contributed by atoms with E-state index in [0.29, 0.717) is 17.9 Å². The molecule has 0 saturated heterocycles. The number of aromatic nitrogens is 1. The van der Waals surface area contributed by atoms with Gasteiger partial charge >= 0.3 is 0 Å². The van der Waals surface area contributed by atoms with Crippen molar-refractivity contribution in [1.82, 2.24) is 4.98 Å². The summed E-state index contributed by atoms with van der Waals surface area (Å²) < 4.78 is 12.9. The van der Waals surface area contributed by atoms with E-state index in [0.717, 1.165) is 23.9 Å². The van der Waals surface area contributed by atoms with Gasteiger partial charge < -0.3 is 10.6 Å². The minimum atomic E-state index is -0.441. The lowest BCUT2D eigenvalue weighted by molar-refractivity contribution is 0.102. The zero-order valence-electron chi connectivity index (χ0n) is 14.5. The minimum Gasteiger partial charge on any atom is -0.381 e. The maximum atomic E-state index is 12.9. The lowest BCUT2D eigenvalue weighted by atomic mass is 10.1. The summed E-state index contributed by atoms with van der Waals surface area (Å²) in [5.74, 6) is -0.403. The first-order chi connectivity index (χ1) is 12.7. The molecule has 0 radical (unpaired) electrons. The van der Waals surface area contributed by atoms with Crippen molar-refractivity contribution in [3.63, 3.8) is 0 Å². The maximum Gasteiger partial charge on any atom is 0.256 e. The summed E-state index contributed by atoms with van der Waals surface area (Å²) in [6, 6.07) is 18.2. The molecule has 0 unspecified atom stereocenters. The van der Waals surface area contributed by atoms with Crippen molar-refractivity contribution in [2.24, 2.45) is 0 Å². The molecule has 0 saturated carbocycles. The first-order valence-corrected chi connectivity index (χ1v) is 8.49. The lowest BCUT2D eigenvalue weighted by Gasteiger charge is -2.11. The molecule has 0 atom stereocenters. The monoisotopic (exact) mass is 349 g/mol. The quantitative estimate of drug-likeness (QED) is 0.681. The van der Waals surface area contributed by atoms with Crippen LogP contribution in [0, 0.1) is 5.82 Å². The molecule has 26 heavy (non-hydrogen) atoms. The molecular weight excluding hydrogens is 329 g/mol. The van der Waals surface area contributed by atoms with Crippen LogP contribution in [0.4, 0.5) is 15.9 Å². The van der Waals surface area contributed by atoms with Crippen LogP contribution in [-0.2, 0) is 13.0 Å². The second-order valence-corrected chi connectivity index (χ2v) is 5.88. The molecule has 1 amide bonds. The summed E-state index contributed by atoms with van der Waals surface area (Å²) in [6.07, 6.45) is 2.03. The Morgan fingerprint density at radius 1 is 1.08 bits per heavy atom. The average molecular weight is 349 g/mol. The number of aryl methyl sites for hydroxylation is 1. The number of halogens is 1. The topological polar surface area (TPSA) is 54.0 Å². The number of nitrogens with one attached hydrogen (secondary N) is 2. The molecule has 0 spiro atoms. The van der Waals surface area contributed by atoms with Gasteiger partial charge in [-0.1, -0.05) is 37.3 Å². The van der Waals surface area contributed by atoms with Gasteiger partial charge in [-0.05, 0) is 47.9 Å². The van der Waals surface area contributed by atoms with Crippen molar-refractivity contribution >= 4 is 17.4 Å². The SMILES string of the molecule is CCc1ccccc1NCc1cccc(C(=O)Nc2ccc(F)cn2)c1. The minimum absolute atomic E-state index is 0.278. The lowest BCUT2D eigenvalue weighted by Crippen LogP contribution is -2.13. The van der Waals surface area contributed by atoms with Crippen molar-refractivity contribution in [2.75, 3.05) is 10.6 Å². The van der Waals surface area contributed by atoms with Crippen LogP contribution in [0.5, 0.6) is 0 Å². The summed E-state index contributed by atoms with van der Waals surface area (Å²) in [4.78, 5) is 16.2. The van der Waals surface area contributed by atoms with E-state index in [1.165, 1.54) is 17.7 Å². The van der Waals surface area contributed by atoms with E-state index in [-0.39, 0.29) is 5.91 Å². The van der Waals surface area contributed by atoms with Crippen LogP contribution in [0.2, 0.25) is 0 Å². The number of benzene rings is 2. The number of hydrogen-bond acceptors (Lipinski definition) is 3. The maximum absolute atomic E-state index is 12.9. The van der Waals surface area contributed by atoms with Gasteiger partial charge in [0.2, 0.25) is 0 Å². The number of carbonyl (C=O) groups excluding carboxylic acids is 1. The van der Waals surface area contributed by atoms with Gasteiger partial charge in [-0.2, -0.15) is 0 Å². The fourth-order valence-corrected chi connectivity index (χ4v) is 2.66. The highest BCUT2D eigenvalue weighted by molar-refractivity contribution is 6.03. The first-order valence-electron chi connectivity index (χ1n) is 8.49. The Bertz CT molecular complexity index is 894. The number of para-hydroxylation sites is 1. The van der Waals surface area contributed by atoms with E-state index in [4.69, 9.17) is 0 Å². The summed E-state index contributed by atoms with van der Waals surface area (Å²) in [7, 11) is 0. The Morgan fingerprint density at radius 3 is 2.69 bits per heavy atom. The number of nitrogens with zero attached hydrogens (tertiary/aromatic N) is 1. The molecule has 0 aliphatic heterocycles. The third kappa shape index (κ3) is 4.45. The van der Waals surface area contributed by atoms with Crippen molar-refractivity contribution in [1.29, 1.82) is 0 Å². The van der Waals surface area contributed by atoms with Crippen molar-refractivity contribution in [3.05, 3.63) is 89.4 Å². The van der Waals surface area contributed by atoms with Gasteiger partial charge in [-0.15, -0.1) is 0 Å². The highest BCUT2D eigenvalue weighted by Gasteiger charge is 2.08. The normalized spacial score (nSPS) is 10.4. The van der Waals surface area contributed by atoms with Gasteiger partial charge in [0, 0.05) is 17.8 Å². The van der Waals surface area contributed by atoms with Gasteiger partial charge in [0.15, 0.2) is 0 Å². The van der Waals surface area contributed by atoms with E-state index in [2.05, 4.69) is 34.7 Å². The molecule has 132 valence electrons. The third-order valence-corrected chi connectivity index (χ3v) is 4.04. The van der Waals surface area contributed by atoms with Crippen LogP contribution < -0.4 is 10.6 Å². The van der Waals surface area contributed by atoms with Crippen LogP contribution in [0.25, 0.3) is 0 Å². The summed E-state index contributed by atoms with van der Waals surface area (Å²) >= 11 is 0. The molecule has 0 bridgehead atoms. The highest BCUT2D eigenvalue weighted by Crippen LogP contribution is 2.17. The fraction of sp³-hybridized carbons (Fsp3) is 0.143. The summed E-state index contributed by atoms with van der Waals surface area (Å²) in [6.45, 7) is 2.74. The fourth-order valence-electron chi connectivity index (χ4n) is 2.66. The molecule has 1 heterocycles. The van der Waals surface area contributed by atoms with Crippen LogP contribution in [0.15, 0.2) is 66.9 Å². The molecule has 3 aromatic rings. The molecule has 5 heteroatoms. The van der Waals surface area contributed by atoms with Gasteiger partial charge in [-0.25, -0.2) is 9.37 Å². The van der Waals surface area contributed by atoms with Gasteiger partial charge in [0.05, 0.1) is 6.20 Å². The molecule has 0 aliphatic carbocycles. The zero-order valence-corrected chi connectivity index (χ0v) is 14.5. The van der Waals surface area contributed by atoms with E-state index in [1.807, 2.05) is 30.3 Å². The summed E-state index contributed by atoms with van der Waals surface area (Å²) in [5.41, 5.74) is 3.87. The smallest absolute Gasteiger partial charge is 0.256 e. The number of anilines is 2. The van der Waals surface area contributed by atoms with Crippen LogP contribution in [0.1, 0.15) is 28.4 Å². The van der Waals surface area contributed by atoms with Crippen LogP contribution >= 0.6 is 0 Å². The predicted octanol–water partition coefficient (Wildman–Crippen LogP) is 4.65. The highest BCUT2D eigenvalue weighted by atomic mass is 19.1. The van der Waals surface area contributed by atoms with Gasteiger partial charge in [-0.3, -0.25) is 4.79 Å². The molecule has 2 N–H and O–H groups in total. The van der Waals surface area contributed by atoms with Crippen molar-refractivity contribution in [2.45, 2.75) is 19.9 Å². The molecule has 4 nitrogen and oxygen atoms in total. The molecule has 1 aromatic heterocycles. The average Bonchev–Trinajstić information content (AvgIpc) is 2.68. The number of rotatable bonds is 6. The van der Waals surface area contributed by atoms with Gasteiger partial charge in [0.25, 0.3) is 5.91 Å². The Labute approximate surface area is 152 Å². The number of pyridine rings is 1. The number of amides is 1.